The summed E-state index contributed by atoms with van der Waals surface area (Å²) in [6.45, 7) is 2.25. The van der Waals surface area contributed by atoms with Crippen molar-refractivity contribution in [2.24, 2.45) is 5.92 Å². The van der Waals surface area contributed by atoms with Gasteiger partial charge >= 0.3 is 0 Å². The van der Waals surface area contributed by atoms with Gasteiger partial charge in [-0.3, -0.25) is 14.4 Å². The van der Waals surface area contributed by atoms with Crippen LogP contribution in [-0.4, -0.2) is 24.5 Å². The van der Waals surface area contributed by atoms with Crippen molar-refractivity contribution >= 4 is 46.4 Å². The van der Waals surface area contributed by atoms with Gasteiger partial charge in [0.2, 0.25) is 5.91 Å². The third kappa shape index (κ3) is 3.64. The Hall–Kier alpha value is -3.06. The highest BCUT2D eigenvalue weighted by Gasteiger charge is 2.61. The van der Waals surface area contributed by atoms with E-state index >= 15 is 0 Å². The molecule has 2 aliphatic rings. The number of nitrogens with zero attached hydrogens (tertiary/aromatic N) is 2. The fourth-order valence-corrected chi connectivity index (χ4v) is 4.95. The van der Waals surface area contributed by atoms with Crippen molar-refractivity contribution in [3.05, 3.63) is 88.4 Å². The second-order valence-electron chi connectivity index (χ2n) is 7.74. The van der Waals surface area contributed by atoms with Gasteiger partial charge in [-0.2, -0.15) is 0 Å². The van der Waals surface area contributed by atoms with E-state index in [-0.39, 0.29) is 5.91 Å². The molecule has 3 aromatic carbocycles. The number of imide groups is 1. The molecule has 6 nitrogen and oxygen atoms in total. The maximum atomic E-state index is 13.8. The molecule has 3 atom stereocenters. The van der Waals surface area contributed by atoms with Crippen molar-refractivity contribution in [3.63, 3.8) is 0 Å². The molecule has 2 heterocycles. The van der Waals surface area contributed by atoms with Gasteiger partial charge < -0.3 is 4.74 Å². The lowest BCUT2D eigenvalue weighted by Gasteiger charge is -2.29. The molecule has 2 fully saturated rings. The molecule has 168 valence electrons. The summed E-state index contributed by atoms with van der Waals surface area (Å²) >= 11 is 12.7. The Bertz CT molecular complexity index is 1220. The van der Waals surface area contributed by atoms with E-state index in [1.807, 2.05) is 37.3 Å². The van der Waals surface area contributed by atoms with E-state index in [0.717, 1.165) is 0 Å². The van der Waals surface area contributed by atoms with E-state index in [2.05, 4.69) is 0 Å². The molecule has 5 rings (SSSR count). The minimum atomic E-state index is -0.996. The number of halogens is 2. The Labute approximate surface area is 201 Å². The Kier molecular flexibility index (Phi) is 5.74. The first-order valence-electron chi connectivity index (χ1n) is 10.6. The van der Waals surface area contributed by atoms with Gasteiger partial charge in [0, 0.05) is 10.0 Å². The molecular formula is C25H20Cl2N2O4. The van der Waals surface area contributed by atoms with Gasteiger partial charge in [-0.05, 0) is 48.9 Å². The van der Waals surface area contributed by atoms with Crippen molar-refractivity contribution < 1.29 is 19.2 Å². The summed E-state index contributed by atoms with van der Waals surface area (Å²) in [6, 6.07) is 20.8. The molecule has 3 aromatic rings. The van der Waals surface area contributed by atoms with E-state index in [9.17, 15) is 9.59 Å². The highest BCUT2D eigenvalue weighted by Crippen LogP contribution is 2.50. The number of rotatable bonds is 5. The molecule has 0 bridgehead atoms. The molecule has 2 amide bonds. The average Bonchev–Trinajstić information content (AvgIpc) is 3.31. The summed E-state index contributed by atoms with van der Waals surface area (Å²) in [5.41, 5.74) is 1.77. The van der Waals surface area contributed by atoms with Gasteiger partial charge in [-0.1, -0.05) is 59.6 Å². The second kappa shape index (κ2) is 8.71. The zero-order valence-corrected chi connectivity index (χ0v) is 19.2. The van der Waals surface area contributed by atoms with E-state index in [0.29, 0.717) is 39.3 Å². The third-order valence-electron chi connectivity index (χ3n) is 5.81. The minimum Gasteiger partial charge on any atom is -0.492 e. The van der Waals surface area contributed by atoms with Crippen LogP contribution in [0.1, 0.15) is 18.5 Å². The number of para-hydroxylation sites is 3. The van der Waals surface area contributed by atoms with Crippen LogP contribution >= 0.6 is 23.2 Å². The van der Waals surface area contributed by atoms with Gasteiger partial charge in [-0.25, -0.2) is 9.96 Å². The fraction of sp³-hybridized carbons (Fsp3) is 0.200. The maximum Gasteiger partial charge on any atom is 0.266 e. The summed E-state index contributed by atoms with van der Waals surface area (Å²) in [5, 5.41) is 2.48. The van der Waals surface area contributed by atoms with Crippen molar-refractivity contribution in [2.75, 3.05) is 16.6 Å². The van der Waals surface area contributed by atoms with Crippen LogP contribution in [0, 0.1) is 5.92 Å². The number of hydrogen-bond acceptors (Lipinski definition) is 5. The van der Waals surface area contributed by atoms with Crippen LogP contribution in [0.2, 0.25) is 10.0 Å². The summed E-state index contributed by atoms with van der Waals surface area (Å²) in [4.78, 5) is 34.6. The molecule has 0 aromatic heterocycles. The molecule has 0 spiro atoms. The predicted molar refractivity (Wildman–Crippen MR) is 127 cm³/mol. The smallest absolute Gasteiger partial charge is 0.266 e. The van der Waals surface area contributed by atoms with Crippen LogP contribution in [0.25, 0.3) is 0 Å². The first kappa shape index (κ1) is 21.8. The number of anilines is 2. The van der Waals surface area contributed by atoms with Crippen molar-refractivity contribution in [3.8, 4) is 5.75 Å². The predicted octanol–water partition coefficient (Wildman–Crippen LogP) is 5.44. The lowest BCUT2D eigenvalue weighted by Crippen LogP contribution is -2.37. The van der Waals surface area contributed by atoms with Gasteiger partial charge in [0.15, 0.2) is 6.10 Å². The Morgan fingerprint density at radius 3 is 2.39 bits per heavy atom. The van der Waals surface area contributed by atoms with Crippen molar-refractivity contribution in [1.29, 1.82) is 0 Å². The molecule has 0 saturated carbocycles. The maximum absolute atomic E-state index is 13.8. The van der Waals surface area contributed by atoms with Crippen LogP contribution in [0.3, 0.4) is 0 Å². The molecule has 8 heteroatoms. The molecule has 2 aliphatic heterocycles. The number of hydroxylamine groups is 1. The summed E-state index contributed by atoms with van der Waals surface area (Å²) in [7, 11) is 0. The van der Waals surface area contributed by atoms with Gasteiger partial charge in [-0.15, -0.1) is 0 Å². The molecule has 0 radical (unpaired) electrons. The van der Waals surface area contributed by atoms with Crippen LogP contribution in [0.15, 0.2) is 72.8 Å². The van der Waals surface area contributed by atoms with Crippen LogP contribution < -0.4 is 14.7 Å². The van der Waals surface area contributed by atoms with Crippen LogP contribution in [0.5, 0.6) is 5.75 Å². The Morgan fingerprint density at radius 1 is 0.939 bits per heavy atom. The first-order chi connectivity index (χ1) is 16.0. The lowest BCUT2D eigenvalue weighted by molar-refractivity contribution is -0.126. The molecule has 33 heavy (non-hydrogen) atoms. The summed E-state index contributed by atoms with van der Waals surface area (Å²) < 4.78 is 5.67. The van der Waals surface area contributed by atoms with Gasteiger partial charge in [0.05, 0.1) is 24.0 Å². The third-order valence-corrected chi connectivity index (χ3v) is 6.38. The van der Waals surface area contributed by atoms with Crippen LogP contribution in [0.4, 0.5) is 11.4 Å². The van der Waals surface area contributed by atoms with E-state index in [4.69, 9.17) is 32.8 Å². The number of benzene rings is 3. The monoisotopic (exact) mass is 482 g/mol. The van der Waals surface area contributed by atoms with Gasteiger partial charge in [0.25, 0.3) is 5.91 Å². The molecule has 3 unspecified atom stereocenters. The van der Waals surface area contributed by atoms with Crippen molar-refractivity contribution in [1.82, 2.24) is 0 Å². The highest BCUT2D eigenvalue weighted by molar-refractivity contribution is 6.35. The van der Waals surface area contributed by atoms with E-state index < -0.39 is 24.0 Å². The topological polar surface area (TPSA) is 59.1 Å². The van der Waals surface area contributed by atoms with Gasteiger partial charge in [0.1, 0.15) is 11.7 Å². The number of amides is 2. The minimum absolute atomic E-state index is 0.369. The zero-order valence-electron chi connectivity index (χ0n) is 17.7. The Balaban J connectivity index is 1.61. The largest absolute Gasteiger partial charge is 0.492 e. The number of fused-ring (bicyclic) bond motifs is 1. The van der Waals surface area contributed by atoms with Crippen LogP contribution in [-0.2, 0) is 14.4 Å². The summed E-state index contributed by atoms with van der Waals surface area (Å²) in [5.74, 6) is -1.15. The number of carbonyl (C=O) groups is 2. The normalized spacial score (nSPS) is 22.1. The quantitative estimate of drug-likeness (QED) is 0.453. The molecular weight excluding hydrogens is 463 g/mol. The molecule has 0 N–H and O–H groups in total. The van der Waals surface area contributed by atoms with E-state index in [1.165, 1.54) is 4.90 Å². The van der Waals surface area contributed by atoms with Crippen molar-refractivity contribution in [2.45, 2.75) is 19.1 Å². The second-order valence-corrected chi connectivity index (χ2v) is 8.58. The SMILES string of the molecule is CCOc1ccccc1N1C(=O)C2ON(c3ccccc3)C(c3ccc(Cl)cc3Cl)C2C1=O. The average molecular weight is 483 g/mol. The van der Waals surface area contributed by atoms with E-state index in [1.54, 1.807) is 47.5 Å². The Morgan fingerprint density at radius 2 is 1.67 bits per heavy atom. The lowest BCUT2D eigenvalue weighted by atomic mass is 9.90. The fourth-order valence-electron chi connectivity index (χ4n) is 4.43. The highest BCUT2D eigenvalue weighted by atomic mass is 35.5. The molecule has 2 saturated heterocycles. The number of ether oxygens (including phenoxy) is 1. The zero-order chi connectivity index (χ0) is 23.1. The number of carbonyl (C=O) groups excluding carboxylic acids is 2. The standard InChI is InChI=1S/C25H20Cl2N2O4/c1-2-32-20-11-7-6-10-19(20)28-24(30)21-22(17-13-12-15(26)14-18(17)27)29(33-23(21)25(28)31)16-8-4-3-5-9-16/h3-14,21-23H,2H2,1H3. The molecule has 0 aliphatic carbocycles. The summed E-state index contributed by atoms with van der Waals surface area (Å²) in [6.07, 6.45) is -0.996. The first-order valence-corrected chi connectivity index (χ1v) is 11.3. The number of hydrogen-bond donors (Lipinski definition) is 0.